The van der Waals surface area contributed by atoms with Crippen LogP contribution in [-0.4, -0.2) is 120 Å². The molecule has 0 saturated carbocycles. The Morgan fingerprint density at radius 2 is 1.23 bits per heavy atom. The van der Waals surface area contributed by atoms with E-state index in [0.717, 1.165) is 20.8 Å². The highest BCUT2D eigenvalue weighted by Crippen LogP contribution is 2.28. The molecule has 21 heteroatoms. The van der Waals surface area contributed by atoms with Crippen molar-refractivity contribution in [3.05, 3.63) is 65.7 Å². The molecule has 21 nitrogen and oxygen atoms in total. The van der Waals surface area contributed by atoms with E-state index in [0.29, 0.717) is 11.1 Å². The first-order chi connectivity index (χ1) is 28.7. The van der Waals surface area contributed by atoms with Crippen LogP contribution in [0.4, 0.5) is 0 Å². The lowest BCUT2D eigenvalue weighted by atomic mass is 9.95. The second-order valence-electron chi connectivity index (χ2n) is 14.6. The molecule has 1 aliphatic heterocycles. The number of ether oxygens (including phenoxy) is 4. The van der Waals surface area contributed by atoms with Gasteiger partial charge in [0.25, 0.3) is 5.91 Å². The molecule has 1 saturated heterocycles. The van der Waals surface area contributed by atoms with Gasteiger partial charge < -0.3 is 62.1 Å². The van der Waals surface area contributed by atoms with Crippen LogP contribution in [0.25, 0.3) is 0 Å². The zero-order valence-corrected chi connectivity index (χ0v) is 34.3. The van der Waals surface area contributed by atoms with E-state index in [4.69, 9.17) is 30.4 Å². The predicted octanol–water partition coefficient (Wildman–Crippen LogP) is -2.13. The van der Waals surface area contributed by atoms with Crippen LogP contribution in [0.2, 0.25) is 0 Å². The fourth-order valence-electron chi connectivity index (χ4n) is 6.20. The normalized spacial score (nSPS) is 19.8. The van der Waals surface area contributed by atoms with Crippen LogP contribution >= 0.6 is 0 Å². The van der Waals surface area contributed by atoms with Crippen molar-refractivity contribution in [2.45, 2.75) is 103 Å². The molecule has 0 aromatic heterocycles. The van der Waals surface area contributed by atoms with Gasteiger partial charge in [0.2, 0.25) is 29.5 Å². The number of benzene rings is 2. The number of nitrogens with one attached hydrogen (secondary N) is 5. The van der Waals surface area contributed by atoms with E-state index >= 15 is 0 Å². The lowest BCUT2D eigenvalue weighted by Gasteiger charge is -2.43. The third-order valence-electron chi connectivity index (χ3n) is 8.88. The highest BCUT2D eigenvalue weighted by atomic mass is 16.7. The van der Waals surface area contributed by atoms with Crippen molar-refractivity contribution in [2.24, 2.45) is 17.4 Å². The van der Waals surface area contributed by atoms with E-state index in [1.54, 1.807) is 56.3 Å². The van der Waals surface area contributed by atoms with Gasteiger partial charge in [0.05, 0.1) is 19.1 Å². The van der Waals surface area contributed by atoms with Gasteiger partial charge in [-0.3, -0.25) is 43.2 Å². The van der Waals surface area contributed by atoms with Crippen molar-refractivity contribution in [1.82, 2.24) is 26.6 Å². The van der Waals surface area contributed by atoms with Gasteiger partial charge >= 0.3 is 17.9 Å². The average molecular weight is 856 g/mol. The number of primary amides is 1. The monoisotopic (exact) mass is 855 g/mol. The molecular formula is C40H53N7O14. The molecule has 0 bridgehead atoms. The first-order valence-corrected chi connectivity index (χ1v) is 19.2. The number of hydrogen-bond donors (Lipinski definition) is 8. The third-order valence-corrected chi connectivity index (χ3v) is 8.88. The van der Waals surface area contributed by atoms with Gasteiger partial charge in [0.1, 0.15) is 17.8 Å². The highest BCUT2D eigenvalue weighted by molar-refractivity contribution is 5.94. The molecule has 1 fully saturated rings. The molecule has 10 N–H and O–H groups in total. The van der Waals surface area contributed by atoms with Crippen LogP contribution in [-0.2, 0) is 74.9 Å². The summed E-state index contributed by atoms with van der Waals surface area (Å²) in [6.45, 7) is 5.42. The van der Waals surface area contributed by atoms with Crippen molar-refractivity contribution in [3.8, 4) is 5.75 Å². The molecular weight excluding hydrogens is 802 g/mol. The van der Waals surface area contributed by atoms with Crippen molar-refractivity contribution in [3.63, 3.8) is 0 Å². The summed E-state index contributed by atoms with van der Waals surface area (Å²) in [6.07, 6.45) is -8.51. The second-order valence-corrected chi connectivity index (χ2v) is 14.6. The Kier molecular flexibility index (Phi) is 18.6. The average Bonchev–Trinajstić information content (AvgIpc) is 3.18. The molecule has 332 valence electrons. The number of amides is 6. The summed E-state index contributed by atoms with van der Waals surface area (Å²) in [5.41, 5.74) is 12.8. The van der Waals surface area contributed by atoms with Gasteiger partial charge in [-0.2, -0.15) is 0 Å². The Balaban J connectivity index is 1.75. The molecule has 1 heterocycles. The van der Waals surface area contributed by atoms with Crippen LogP contribution in [0.5, 0.6) is 5.75 Å². The fraction of sp³-hybridized carbons (Fsp3) is 0.475. The van der Waals surface area contributed by atoms with Gasteiger partial charge in [0, 0.05) is 27.2 Å². The zero-order chi connectivity index (χ0) is 45.4. The predicted molar refractivity (Wildman–Crippen MR) is 212 cm³/mol. The Bertz CT molecular complexity index is 1900. The van der Waals surface area contributed by atoms with E-state index in [-0.39, 0.29) is 30.9 Å². The van der Waals surface area contributed by atoms with E-state index in [9.17, 15) is 48.3 Å². The van der Waals surface area contributed by atoms with Crippen molar-refractivity contribution in [1.29, 1.82) is 0 Å². The molecule has 8 atom stereocenters. The molecule has 0 aliphatic carbocycles. The number of rotatable bonds is 20. The van der Waals surface area contributed by atoms with E-state index in [2.05, 4.69) is 26.6 Å². The molecule has 0 spiro atoms. The molecule has 1 aliphatic rings. The van der Waals surface area contributed by atoms with Gasteiger partial charge in [-0.25, -0.2) is 0 Å². The minimum Gasteiger partial charge on any atom is -0.508 e. The quantitative estimate of drug-likeness (QED) is 0.0521. The van der Waals surface area contributed by atoms with Gasteiger partial charge in [-0.05, 0) is 42.0 Å². The van der Waals surface area contributed by atoms with Gasteiger partial charge in [0.15, 0.2) is 30.6 Å². The minimum atomic E-state index is -1.81. The molecule has 6 amide bonds. The number of esters is 3. The molecule has 2 aromatic rings. The summed E-state index contributed by atoms with van der Waals surface area (Å²) >= 11 is 0. The summed E-state index contributed by atoms with van der Waals surface area (Å²) in [4.78, 5) is 115. The van der Waals surface area contributed by atoms with Crippen LogP contribution < -0.4 is 38.1 Å². The number of hydrogen-bond acceptors (Lipinski definition) is 15. The lowest BCUT2D eigenvalue weighted by Crippen LogP contribution is -2.68. The topological polar surface area (TPSA) is 323 Å². The van der Waals surface area contributed by atoms with Crippen molar-refractivity contribution < 1.29 is 67.2 Å². The Morgan fingerprint density at radius 3 is 1.80 bits per heavy atom. The Hall–Kier alpha value is -6.61. The van der Waals surface area contributed by atoms with E-state index < -0.39 is 115 Å². The van der Waals surface area contributed by atoms with Gasteiger partial charge in [-0.1, -0.05) is 56.3 Å². The summed E-state index contributed by atoms with van der Waals surface area (Å²) in [5.74, 6) is -8.03. The lowest BCUT2D eigenvalue weighted by molar-refractivity contribution is -0.247. The molecule has 0 radical (unpaired) electrons. The first-order valence-electron chi connectivity index (χ1n) is 19.2. The summed E-state index contributed by atoms with van der Waals surface area (Å²) in [5, 5.41) is 21.8. The molecule has 0 unspecified atom stereocenters. The number of phenols is 1. The summed E-state index contributed by atoms with van der Waals surface area (Å²) in [7, 11) is 0. The van der Waals surface area contributed by atoms with Crippen LogP contribution in [0.3, 0.4) is 0 Å². The van der Waals surface area contributed by atoms with E-state index in [1.807, 2.05) is 0 Å². The number of carbonyl (C=O) groups excluding carboxylic acids is 9. The van der Waals surface area contributed by atoms with Crippen LogP contribution in [0.15, 0.2) is 54.6 Å². The standard InChI is InChI=1S/C40H53N7O14/c1-20(2)15-28(39(57)47-40-35(60-23(5)50)33(59-22(4)49)32(58-21(3)48)34(61-40)36(42)54)46-38(56)29(17-24-9-7-6-8-10-24)45-31(53)19-43-30(52)18-44-37(55)27(41)16-25-11-13-26(51)14-12-25/h6-14,20,27-29,32-35,40,51H,15-19,41H2,1-5H3,(H2,42,54)(H,43,52)(H,44,55)(H,45,53)(H,46,56)(H,47,57)/t27-,28-,29-,32+,33+,34+,35-,40-/m1/s1. The largest absolute Gasteiger partial charge is 0.508 e. The molecule has 2 aromatic carbocycles. The van der Waals surface area contributed by atoms with Crippen LogP contribution in [0.1, 0.15) is 52.2 Å². The fourth-order valence-corrected chi connectivity index (χ4v) is 6.20. The first kappa shape index (κ1) is 48.8. The maximum Gasteiger partial charge on any atom is 0.303 e. The number of nitrogens with two attached hydrogens (primary N) is 2. The third kappa shape index (κ3) is 16.2. The minimum absolute atomic E-state index is 0.0115. The maximum atomic E-state index is 14.0. The zero-order valence-electron chi connectivity index (χ0n) is 34.3. The number of aromatic hydroxyl groups is 1. The van der Waals surface area contributed by atoms with Crippen LogP contribution in [0, 0.1) is 5.92 Å². The van der Waals surface area contributed by atoms with E-state index in [1.165, 1.54) is 12.1 Å². The highest BCUT2D eigenvalue weighted by Gasteiger charge is 2.54. The maximum absolute atomic E-state index is 14.0. The van der Waals surface area contributed by atoms with Gasteiger partial charge in [-0.15, -0.1) is 0 Å². The second kappa shape index (κ2) is 23.3. The van der Waals surface area contributed by atoms with Crippen molar-refractivity contribution >= 4 is 53.4 Å². The smallest absolute Gasteiger partial charge is 0.303 e. The Morgan fingerprint density at radius 1 is 0.672 bits per heavy atom. The summed E-state index contributed by atoms with van der Waals surface area (Å²) in [6, 6.07) is 11.0. The Labute approximate surface area is 351 Å². The summed E-state index contributed by atoms with van der Waals surface area (Å²) < 4.78 is 21.6. The van der Waals surface area contributed by atoms with Crippen molar-refractivity contribution in [2.75, 3.05) is 13.1 Å². The molecule has 3 rings (SSSR count). The molecule has 61 heavy (non-hydrogen) atoms. The number of phenolic OH excluding ortho intramolecular Hbond substituents is 1. The SMILES string of the molecule is CC(=O)O[C@@H]1[C@@H](OC(C)=O)[C@H](NC(=O)[C@@H](CC(C)C)NC(=O)[C@@H](Cc2ccccc2)NC(=O)CNC(=O)CNC(=O)[C@H](N)Cc2ccc(O)cc2)O[C@H](C(N)=O)[C@H]1OC(C)=O. The number of carbonyl (C=O) groups is 9.